The quantitative estimate of drug-likeness (QED) is 0.546. The molecule has 0 bridgehead atoms. The van der Waals surface area contributed by atoms with Crippen molar-refractivity contribution in [2.24, 2.45) is 0 Å². The van der Waals surface area contributed by atoms with E-state index in [4.69, 9.17) is 0 Å². The molecule has 2 N–H and O–H groups in total. The molecule has 0 atom stereocenters. The monoisotopic (exact) mass is 177 g/mol. The number of aliphatic hydroxyl groups is 2. The molecule has 13 heavy (non-hydrogen) atoms. The van der Waals surface area contributed by atoms with E-state index in [0.29, 0.717) is 0 Å². The lowest BCUT2D eigenvalue weighted by atomic mass is 9.93. The Balaban J connectivity index is 2.68. The highest BCUT2D eigenvalue weighted by atomic mass is 16.5. The first-order valence-electron chi connectivity index (χ1n) is 3.74. The molecule has 1 aromatic heterocycles. The Hall–Kier alpha value is -1.52. The Kier molecular flexibility index (Phi) is 1.55. The first-order chi connectivity index (χ1) is 6.11. The van der Waals surface area contributed by atoms with Gasteiger partial charge in [-0.1, -0.05) is 0 Å². The number of carbonyl (C=O) groups is 1. The molecule has 66 valence electrons. The number of allylic oxidation sites excluding steroid dienone is 1. The first-order valence-corrected chi connectivity index (χ1v) is 3.74. The van der Waals surface area contributed by atoms with Gasteiger partial charge in [-0.05, 0) is 18.2 Å². The van der Waals surface area contributed by atoms with Crippen LogP contribution in [-0.4, -0.2) is 21.0 Å². The van der Waals surface area contributed by atoms with Gasteiger partial charge in [0.05, 0.1) is 0 Å². The van der Waals surface area contributed by atoms with E-state index in [0.717, 1.165) is 12.2 Å². The molecule has 0 saturated heterocycles. The molecule has 0 unspecified atom stereocenters. The molecule has 0 aliphatic heterocycles. The summed E-state index contributed by atoms with van der Waals surface area (Å²) in [6.45, 7) is 0. The van der Waals surface area contributed by atoms with E-state index >= 15 is 0 Å². The molecule has 1 aliphatic carbocycles. The van der Waals surface area contributed by atoms with Crippen LogP contribution < -0.4 is 0 Å². The van der Waals surface area contributed by atoms with Gasteiger partial charge in [0.2, 0.25) is 5.79 Å². The maximum absolute atomic E-state index is 11.2. The summed E-state index contributed by atoms with van der Waals surface area (Å²) < 4.78 is 0. The van der Waals surface area contributed by atoms with Gasteiger partial charge in [-0.15, -0.1) is 0 Å². The smallest absolute Gasteiger partial charge is 0.212 e. The molecule has 4 nitrogen and oxygen atoms in total. The van der Waals surface area contributed by atoms with Gasteiger partial charge in [-0.25, -0.2) is 0 Å². The molecule has 0 saturated carbocycles. The summed E-state index contributed by atoms with van der Waals surface area (Å²) in [4.78, 5) is 15.0. The minimum atomic E-state index is -2.07. The van der Waals surface area contributed by atoms with Gasteiger partial charge in [0.25, 0.3) is 0 Å². The fourth-order valence-electron chi connectivity index (χ4n) is 1.27. The molecule has 0 radical (unpaired) electrons. The van der Waals surface area contributed by atoms with Crippen molar-refractivity contribution in [3.05, 3.63) is 41.7 Å². The van der Waals surface area contributed by atoms with Crippen molar-refractivity contribution in [2.45, 2.75) is 5.79 Å². The van der Waals surface area contributed by atoms with Crippen molar-refractivity contribution >= 4 is 5.78 Å². The number of fused-ring (bicyclic) bond motifs is 1. The van der Waals surface area contributed by atoms with Gasteiger partial charge in [0.1, 0.15) is 0 Å². The third-order valence-electron chi connectivity index (χ3n) is 1.95. The van der Waals surface area contributed by atoms with Crippen molar-refractivity contribution in [1.29, 1.82) is 0 Å². The lowest BCUT2D eigenvalue weighted by Gasteiger charge is -2.22. The van der Waals surface area contributed by atoms with Crippen LogP contribution in [-0.2, 0) is 5.79 Å². The highest BCUT2D eigenvalue weighted by Crippen LogP contribution is 2.26. The number of aromatic nitrogens is 1. The minimum absolute atomic E-state index is 0.127. The van der Waals surface area contributed by atoms with Gasteiger partial charge in [-0.2, -0.15) is 0 Å². The molecule has 0 aromatic carbocycles. The zero-order valence-electron chi connectivity index (χ0n) is 6.64. The fraction of sp³-hybridized carbons (Fsp3) is 0.111. The van der Waals surface area contributed by atoms with E-state index in [1.54, 1.807) is 0 Å². The second-order valence-electron chi connectivity index (χ2n) is 2.84. The average Bonchev–Trinajstić information content (AvgIpc) is 2.13. The lowest BCUT2D eigenvalue weighted by Crippen LogP contribution is -2.28. The first kappa shape index (κ1) is 8.10. The summed E-state index contributed by atoms with van der Waals surface area (Å²) >= 11 is 0. The van der Waals surface area contributed by atoms with Crippen molar-refractivity contribution in [2.75, 3.05) is 0 Å². The number of pyridine rings is 1. The van der Waals surface area contributed by atoms with Gasteiger partial charge >= 0.3 is 0 Å². The summed E-state index contributed by atoms with van der Waals surface area (Å²) in [5.74, 6) is -2.31. The Labute approximate surface area is 74.2 Å². The van der Waals surface area contributed by atoms with E-state index in [-0.39, 0.29) is 16.9 Å². The van der Waals surface area contributed by atoms with Crippen LogP contribution in [0.4, 0.5) is 0 Å². The van der Waals surface area contributed by atoms with E-state index in [2.05, 4.69) is 4.98 Å². The van der Waals surface area contributed by atoms with Crippen LogP contribution >= 0.6 is 0 Å². The van der Waals surface area contributed by atoms with Crippen molar-refractivity contribution in [1.82, 2.24) is 4.98 Å². The van der Waals surface area contributed by atoms with Crippen LogP contribution in [0.15, 0.2) is 30.6 Å². The Morgan fingerprint density at radius 3 is 2.85 bits per heavy atom. The normalized spacial score (nSPS) is 18.5. The lowest BCUT2D eigenvalue weighted by molar-refractivity contribution is -0.126. The van der Waals surface area contributed by atoms with Crippen LogP contribution in [0.1, 0.15) is 15.9 Å². The summed E-state index contributed by atoms with van der Waals surface area (Å²) in [5.41, 5.74) is 0.407. The molecule has 1 aliphatic rings. The van der Waals surface area contributed by atoms with Crippen molar-refractivity contribution < 1.29 is 15.0 Å². The summed E-state index contributed by atoms with van der Waals surface area (Å²) in [7, 11) is 0. The number of carbonyl (C=O) groups excluding carboxylic acids is 1. The SMILES string of the molecule is O=C1C=CC(O)(O)c2cnccc21. The van der Waals surface area contributed by atoms with Gasteiger partial charge < -0.3 is 10.2 Å². The molecule has 1 heterocycles. The predicted octanol–water partition coefficient (Wildman–Crippen LogP) is -0.0285. The van der Waals surface area contributed by atoms with E-state index < -0.39 is 5.79 Å². The third-order valence-corrected chi connectivity index (χ3v) is 1.95. The maximum Gasteiger partial charge on any atom is 0.212 e. The standard InChI is InChI=1S/C9H7NO3/c11-8-1-3-9(12,13)7-5-10-4-2-6(7)8/h1-5,12-13H. The summed E-state index contributed by atoms with van der Waals surface area (Å²) in [6.07, 6.45) is 4.89. The predicted molar refractivity (Wildman–Crippen MR) is 43.8 cm³/mol. The molecular formula is C9H7NO3. The highest BCUT2D eigenvalue weighted by Gasteiger charge is 2.31. The summed E-state index contributed by atoms with van der Waals surface area (Å²) in [5, 5.41) is 18.8. The largest absolute Gasteiger partial charge is 0.359 e. The van der Waals surface area contributed by atoms with Crippen LogP contribution in [0.5, 0.6) is 0 Å². The van der Waals surface area contributed by atoms with E-state index in [9.17, 15) is 15.0 Å². The number of ketones is 1. The Morgan fingerprint density at radius 2 is 2.15 bits per heavy atom. The van der Waals surface area contributed by atoms with E-state index in [1.807, 2.05) is 0 Å². The molecule has 0 amide bonds. The molecule has 1 aromatic rings. The maximum atomic E-state index is 11.2. The summed E-state index contributed by atoms with van der Waals surface area (Å²) in [6, 6.07) is 1.46. The van der Waals surface area contributed by atoms with Crippen molar-refractivity contribution in [3.8, 4) is 0 Å². The Bertz CT molecular complexity index is 396. The van der Waals surface area contributed by atoms with Crippen LogP contribution in [0.25, 0.3) is 0 Å². The molecule has 2 rings (SSSR count). The molecule has 0 spiro atoms. The fourth-order valence-corrected chi connectivity index (χ4v) is 1.27. The van der Waals surface area contributed by atoms with Gasteiger partial charge in [0.15, 0.2) is 5.78 Å². The second-order valence-corrected chi connectivity index (χ2v) is 2.84. The van der Waals surface area contributed by atoms with Gasteiger partial charge in [0, 0.05) is 23.5 Å². The number of hydrogen-bond acceptors (Lipinski definition) is 4. The molecule has 0 fully saturated rings. The van der Waals surface area contributed by atoms with Crippen LogP contribution in [0.3, 0.4) is 0 Å². The van der Waals surface area contributed by atoms with E-state index in [1.165, 1.54) is 18.5 Å². The molecule has 4 heteroatoms. The molecular weight excluding hydrogens is 170 g/mol. The zero-order chi connectivity index (χ0) is 9.47. The third kappa shape index (κ3) is 1.16. The van der Waals surface area contributed by atoms with Crippen molar-refractivity contribution in [3.63, 3.8) is 0 Å². The minimum Gasteiger partial charge on any atom is -0.359 e. The Morgan fingerprint density at radius 1 is 1.38 bits per heavy atom. The zero-order valence-corrected chi connectivity index (χ0v) is 6.64. The van der Waals surface area contributed by atoms with Crippen LogP contribution in [0, 0.1) is 0 Å². The number of nitrogens with zero attached hydrogens (tertiary/aromatic N) is 1. The van der Waals surface area contributed by atoms with Crippen LogP contribution in [0.2, 0.25) is 0 Å². The van der Waals surface area contributed by atoms with Gasteiger partial charge in [-0.3, -0.25) is 9.78 Å². The average molecular weight is 177 g/mol. The number of hydrogen-bond donors (Lipinski definition) is 2. The topological polar surface area (TPSA) is 70.4 Å². The number of rotatable bonds is 0. The second kappa shape index (κ2) is 2.48. The highest BCUT2D eigenvalue weighted by molar-refractivity contribution is 6.07.